The summed E-state index contributed by atoms with van der Waals surface area (Å²) in [4.78, 5) is 14.6. The number of likely N-dealkylation sites (tertiary alicyclic amines) is 1. The molecule has 1 amide bonds. The van der Waals surface area contributed by atoms with Crippen molar-refractivity contribution in [2.24, 2.45) is 5.92 Å². The van der Waals surface area contributed by atoms with Crippen molar-refractivity contribution < 1.29 is 4.79 Å². The first-order chi connectivity index (χ1) is 7.70. The molecule has 2 unspecified atom stereocenters. The van der Waals surface area contributed by atoms with Gasteiger partial charge in [0.05, 0.1) is 5.92 Å². The summed E-state index contributed by atoms with van der Waals surface area (Å²) in [6, 6.07) is 0.886. The van der Waals surface area contributed by atoms with Gasteiger partial charge in [0, 0.05) is 18.6 Å². The summed E-state index contributed by atoms with van der Waals surface area (Å²) in [6.45, 7) is 6.36. The molecule has 0 aromatic carbocycles. The molecule has 2 aliphatic rings. The van der Waals surface area contributed by atoms with Crippen LogP contribution in [0, 0.1) is 5.92 Å². The van der Waals surface area contributed by atoms with Crippen LogP contribution >= 0.6 is 0 Å². The Morgan fingerprint density at radius 3 is 2.38 bits per heavy atom. The molecule has 0 spiro atoms. The van der Waals surface area contributed by atoms with Crippen LogP contribution in [0.15, 0.2) is 0 Å². The van der Waals surface area contributed by atoms with E-state index < -0.39 is 0 Å². The van der Waals surface area contributed by atoms with E-state index in [4.69, 9.17) is 0 Å². The summed E-state index contributed by atoms with van der Waals surface area (Å²) in [5, 5.41) is 3.34. The molecular formula is C13H24N2O. The Balaban J connectivity index is 2.00. The van der Waals surface area contributed by atoms with E-state index in [0.29, 0.717) is 18.0 Å². The van der Waals surface area contributed by atoms with Gasteiger partial charge in [-0.15, -0.1) is 0 Å². The first-order valence-corrected chi connectivity index (χ1v) is 6.73. The molecule has 16 heavy (non-hydrogen) atoms. The highest BCUT2D eigenvalue weighted by Crippen LogP contribution is 2.26. The predicted molar refractivity (Wildman–Crippen MR) is 65.2 cm³/mol. The largest absolute Gasteiger partial charge is 0.337 e. The van der Waals surface area contributed by atoms with Crippen LogP contribution in [-0.4, -0.2) is 36.0 Å². The molecule has 0 aliphatic carbocycles. The number of amides is 1. The average Bonchev–Trinajstić information content (AvgIpc) is 2.30. The maximum atomic E-state index is 12.5. The Hall–Kier alpha value is -0.570. The van der Waals surface area contributed by atoms with Gasteiger partial charge in [-0.05, 0) is 52.5 Å². The van der Waals surface area contributed by atoms with Crippen LogP contribution in [0.3, 0.4) is 0 Å². The average molecular weight is 224 g/mol. The summed E-state index contributed by atoms with van der Waals surface area (Å²) in [5.41, 5.74) is 0. The van der Waals surface area contributed by atoms with Gasteiger partial charge in [-0.2, -0.15) is 0 Å². The third-order valence-corrected chi connectivity index (χ3v) is 4.09. The van der Waals surface area contributed by atoms with E-state index in [0.717, 1.165) is 25.9 Å². The number of nitrogens with zero attached hydrogens (tertiary/aromatic N) is 1. The minimum atomic E-state index is 0.233. The molecule has 0 aromatic rings. The van der Waals surface area contributed by atoms with Crippen molar-refractivity contribution in [1.82, 2.24) is 10.2 Å². The normalized spacial score (nSPS) is 36.1. The van der Waals surface area contributed by atoms with Gasteiger partial charge in [0.25, 0.3) is 0 Å². The van der Waals surface area contributed by atoms with Crippen LogP contribution in [0.2, 0.25) is 0 Å². The molecule has 92 valence electrons. The highest BCUT2D eigenvalue weighted by atomic mass is 16.2. The summed E-state index contributed by atoms with van der Waals surface area (Å²) < 4.78 is 0. The first kappa shape index (κ1) is 11.9. The second-order valence-corrected chi connectivity index (χ2v) is 5.42. The lowest BCUT2D eigenvalue weighted by atomic mass is 9.92. The quantitative estimate of drug-likeness (QED) is 0.736. The van der Waals surface area contributed by atoms with Crippen molar-refractivity contribution in [3.8, 4) is 0 Å². The molecule has 2 aliphatic heterocycles. The number of nitrogens with one attached hydrogen (secondary N) is 1. The Bertz CT molecular complexity index is 238. The standard InChI is InChI=1S/C13H24N2O/c1-10-5-3-6-11(2)15(10)13(16)12-7-4-8-14-9-12/h10-12,14H,3-9H2,1-2H3/t10?,11?,12-/m1/s1. The van der Waals surface area contributed by atoms with Crippen LogP contribution in [0.4, 0.5) is 0 Å². The highest BCUT2D eigenvalue weighted by Gasteiger charge is 2.33. The SMILES string of the molecule is CC1CCCC(C)N1C(=O)[C@@H]1CCCNC1. The van der Waals surface area contributed by atoms with Gasteiger partial charge in [-0.3, -0.25) is 4.79 Å². The first-order valence-electron chi connectivity index (χ1n) is 6.73. The minimum absolute atomic E-state index is 0.233. The van der Waals surface area contributed by atoms with Crippen LogP contribution in [0.1, 0.15) is 46.0 Å². The fourth-order valence-corrected chi connectivity index (χ4v) is 3.13. The molecular weight excluding hydrogens is 200 g/mol. The van der Waals surface area contributed by atoms with E-state index in [2.05, 4.69) is 24.1 Å². The van der Waals surface area contributed by atoms with E-state index >= 15 is 0 Å². The monoisotopic (exact) mass is 224 g/mol. The molecule has 0 aromatic heterocycles. The molecule has 0 radical (unpaired) electrons. The molecule has 3 heteroatoms. The molecule has 0 saturated carbocycles. The molecule has 2 saturated heterocycles. The van der Waals surface area contributed by atoms with E-state index in [-0.39, 0.29) is 5.92 Å². The molecule has 2 rings (SSSR count). The lowest BCUT2D eigenvalue weighted by Gasteiger charge is -2.41. The molecule has 2 heterocycles. The second kappa shape index (κ2) is 5.17. The van der Waals surface area contributed by atoms with Gasteiger partial charge in [0.15, 0.2) is 0 Å². The van der Waals surface area contributed by atoms with Crippen LogP contribution < -0.4 is 5.32 Å². The van der Waals surface area contributed by atoms with Crippen molar-refractivity contribution in [2.45, 2.75) is 58.0 Å². The lowest BCUT2D eigenvalue weighted by molar-refractivity contribution is -0.142. The Morgan fingerprint density at radius 1 is 1.12 bits per heavy atom. The smallest absolute Gasteiger partial charge is 0.227 e. The summed E-state index contributed by atoms with van der Waals surface area (Å²) >= 11 is 0. The van der Waals surface area contributed by atoms with Gasteiger partial charge >= 0.3 is 0 Å². The summed E-state index contributed by atoms with van der Waals surface area (Å²) in [6.07, 6.45) is 5.84. The number of rotatable bonds is 1. The molecule has 3 nitrogen and oxygen atoms in total. The fraction of sp³-hybridized carbons (Fsp3) is 0.923. The van der Waals surface area contributed by atoms with E-state index in [1.54, 1.807) is 0 Å². The number of hydrogen-bond donors (Lipinski definition) is 1. The van der Waals surface area contributed by atoms with Crippen LogP contribution in [0.5, 0.6) is 0 Å². The van der Waals surface area contributed by atoms with Gasteiger partial charge in [0.1, 0.15) is 0 Å². The van der Waals surface area contributed by atoms with E-state index in [1.165, 1.54) is 19.3 Å². The van der Waals surface area contributed by atoms with Crippen LogP contribution in [-0.2, 0) is 4.79 Å². The van der Waals surface area contributed by atoms with Crippen molar-refractivity contribution in [2.75, 3.05) is 13.1 Å². The maximum Gasteiger partial charge on any atom is 0.227 e. The van der Waals surface area contributed by atoms with Crippen LogP contribution in [0.25, 0.3) is 0 Å². The molecule has 3 atom stereocenters. The highest BCUT2D eigenvalue weighted by molar-refractivity contribution is 5.80. The van der Waals surface area contributed by atoms with E-state index in [9.17, 15) is 4.79 Å². The van der Waals surface area contributed by atoms with Gasteiger partial charge in [-0.1, -0.05) is 0 Å². The van der Waals surface area contributed by atoms with Crippen molar-refractivity contribution >= 4 is 5.91 Å². The zero-order valence-electron chi connectivity index (χ0n) is 10.5. The lowest BCUT2D eigenvalue weighted by Crippen LogP contribution is -2.52. The number of carbonyl (C=O) groups is 1. The predicted octanol–water partition coefficient (Wildman–Crippen LogP) is 1.78. The zero-order valence-corrected chi connectivity index (χ0v) is 10.5. The molecule has 2 fully saturated rings. The second-order valence-electron chi connectivity index (χ2n) is 5.42. The number of hydrogen-bond acceptors (Lipinski definition) is 2. The summed E-state index contributed by atoms with van der Waals surface area (Å²) in [7, 11) is 0. The maximum absolute atomic E-state index is 12.5. The van der Waals surface area contributed by atoms with Gasteiger partial charge < -0.3 is 10.2 Å². The topological polar surface area (TPSA) is 32.3 Å². The van der Waals surface area contributed by atoms with Gasteiger partial charge in [0.2, 0.25) is 5.91 Å². The third kappa shape index (κ3) is 2.40. The van der Waals surface area contributed by atoms with Crippen molar-refractivity contribution in [1.29, 1.82) is 0 Å². The molecule has 1 N–H and O–H groups in total. The molecule has 0 bridgehead atoms. The summed E-state index contributed by atoms with van der Waals surface area (Å²) in [5.74, 6) is 0.628. The Kier molecular flexibility index (Phi) is 3.85. The zero-order chi connectivity index (χ0) is 11.5. The third-order valence-electron chi connectivity index (χ3n) is 4.09. The number of piperidine rings is 2. The fourth-order valence-electron chi connectivity index (χ4n) is 3.13. The van der Waals surface area contributed by atoms with Crippen molar-refractivity contribution in [3.63, 3.8) is 0 Å². The van der Waals surface area contributed by atoms with E-state index in [1.807, 2.05) is 0 Å². The van der Waals surface area contributed by atoms with Crippen molar-refractivity contribution in [3.05, 3.63) is 0 Å². The Morgan fingerprint density at radius 2 is 1.81 bits per heavy atom. The minimum Gasteiger partial charge on any atom is -0.337 e. The Labute approximate surface area is 98.6 Å². The van der Waals surface area contributed by atoms with Gasteiger partial charge in [-0.25, -0.2) is 0 Å². The number of carbonyl (C=O) groups excluding carboxylic acids is 1.